The van der Waals surface area contributed by atoms with E-state index in [1.807, 2.05) is 11.8 Å². The van der Waals surface area contributed by atoms with Gasteiger partial charge in [-0.05, 0) is 36.5 Å². The Hall–Kier alpha value is -1.76. The summed E-state index contributed by atoms with van der Waals surface area (Å²) in [6, 6.07) is 3.16. The molecule has 6 nitrogen and oxygen atoms in total. The topological polar surface area (TPSA) is 84.3 Å². The number of hydrogen-bond donors (Lipinski definition) is 2. The van der Waals surface area contributed by atoms with Crippen LogP contribution in [-0.2, 0) is 11.2 Å². The van der Waals surface area contributed by atoms with Gasteiger partial charge in [-0.1, -0.05) is 6.42 Å². The van der Waals surface area contributed by atoms with Crippen molar-refractivity contribution in [3.05, 3.63) is 27.8 Å². The van der Waals surface area contributed by atoms with Gasteiger partial charge < -0.3 is 10.6 Å². The fraction of sp³-hybridized carbons (Fsp3) is 0.500. The van der Waals surface area contributed by atoms with Gasteiger partial charge in [-0.3, -0.25) is 14.9 Å². The zero-order chi connectivity index (χ0) is 15.2. The van der Waals surface area contributed by atoms with Crippen LogP contribution < -0.4 is 10.6 Å². The summed E-state index contributed by atoms with van der Waals surface area (Å²) in [5.74, 6) is 1.03. The van der Waals surface area contributed by atoms with Gasteiger partial charge in [0, 0.05) is 18.3 Å². The lowest BCUT2D eigenvalue weighted by Gasteiger charge is -2.09. The number of hydrogen-bond acceptors (Lipinski definition) is 5. The molecule has 1 aromatic carbocycles. The summed E-state index contributed by atoms with van der Waals surface area (Å²) in [6.45, 7) is 0.696. The van der Waals surface area contributed by atoms with Crippen LogP contribution in [-0.4, -0.2) is 29.4 Å². The summed E-state index contributed by atoms with van der Waals surface area (Å²) in [5.41, 5.74) is 1.88. The standard InChI is InChI=1S/C14H19N3O3S/c1-21-6-4-2-3-5-15-12-9-11-10(8-14(18)16-11)7-13(12)17(19)20/h7,9,15H,2-6,8H2,1H3,(H,16,18). The molecule has 0 aromatic heterocycles. The minimum atomic E-state index is -0.404. The molecule has 0 saturated heterocycles. The number of nitrogens with zero attached hydrogens (tertiary/aromatic N) is 1. The Balaban J connectivity index is 1.99. The minimum Gasteiger partial charge on any atom is -0.379 e. The van der Waals surface area contributed by atoms with Crippen molar-refractivity contribution in [2.24, 2.45) is 0 Å². The van der Waals surface area contributed by atoms with Gasteiger partial charge >= 0.3 is 0 Å². The highest BCUT2D eigenvalue weighted by Gasteiger charge is 2.24. The van der Waals surface area contributed by atoms with E-state index in [4.69, 9.17) is 0 Å². The third kappa shape index (κ3) is 4.10. The molecule has 0 atom stereocenters. The van der Waals surface area contributed by atoms with Crippen LogP contribution in [0.1, 0.15) is 24.8 Å². The van der Waals surface area contributed by atoms with Crippen LogP contribution in [0, 0.1) is 10.1 Å². The number of nitro benzene ring substituents is 1. The molecule has 1 amide bonds. The van der Waals surface area contributed by atoms with Crippen molar-refractivity contribution in [1.29, 1.82) is 0 Å². The van der Waals surface area contributed by atoms with Gasteiger partial charge in [0.15, 0.2) is 0 Å². The second-order valence-electron chi connectivity index (χ2n) is 4.99. The Morgan fingerprint density at radius 2 is 2.19 bits per heavy atom. The molecule has 0 radical (unpaired) electrons. The number of nitro groups is 1. The van der Waals surface area contributed by atoms with Crippen LogP contribution in [0.3, 0.4) is 0 Å². The maximum Gasteiger partial charge on any atom is 0.292 e. The van der Waals surface area contributed by atoms with Gasteiger partial charge in [-0.15, -0.1) is 0 Å². The SMILES string of the molecule is CSCCCCCNc1cc2c(cc1[N+](=O)[O-])CC(=O)N2. The molecule has 114 valence electrons. The average molecular weight is 309 g/mol. The molecule has 0 unspecified atom stereocenters. The van der Waals surface area contributed by atoms with E-state index in [1.54, 1.807) is 6.07 Å². The third-order valence-electron chi connectivity index (χ3n) is 3.38. The van der Waals surface area contributed by atoms with Crippen molar-refractivity contribution >= 4 is 34.7 Å². The number of nitrogens with one attached hydrogen (secondary N) is 2. The number of fused-ring (bicyclic) bond motifs is 1. The molecule has 2 rings (SSSR count). The normalized spacial score (nSPS) is 12.9. The number of thioether (sulfide) groups is 1. The number of carbonyl (C=O) groups is 1. The van der Waals surface area contributed by atoms with Gasteiger partial charge in [0.05, 0.1) is 11.3 Å². The molecular weight excluding hydrogens is 290 g/mol. The van der Waals surface area contributed by atoms with E-state index in [-0.39, 0.29) is 18.0 Å². The van der Waals surface area contributed by atoms with Gasteiger partial charge in [0.2, 0.25) is 5.91 Å². The number of amides is 1. The lowest BCUT2D eigenvalue weighted by atomic mass is 10.1. The molecule has 0 aliphatic carbocycles. The summed E-state index contributed by atoms with van der Waals surface area (Å²) < 4.78 is 0. The van der Waals surface area contributed by atoms with Crippen LogP contribution in [0.5, 0.6) is 0 Å². The Bertz CT molecular complexity index is 549. The average Bonchev–Trinajstić information content (AvgIpc) is 2.80. The Morgan fingerprint density at radius 3 is 2.90 bits per heavy atom. The van der Waals surface area contributed by atoms with Gasteiger partial charge in [-0.25, -0.2) is 0 Å². The first-order valence-electron chi connectivity index (χ1n) is 6.96. The van der Waals surface area contributed by atoms with Crippen molar-refractivity contribution in [3.63, 3.8) is 0 Å². The molecule has 0 bridgehead atoms. The molecule has 2 N–H and O–H groups in total. The lowest BCUT2D eigenvalue weighted by Crippen LogP contribution is -2.06. The quantitative estimate of drug-likeness (QED) is 0.438. The molecule has 0 saturated carbocycles. The van der Waals surface area contributed by atoms with E-state index in [0.29, 0.717) is 23.5 Å². The molecule has 0 spiro atoms. The number of anilines is 2. The van der Waals surface area contributed by atoms with Gasteiger partial charge in [0.1, 0.15) is 5.69 Å². The number of carbonyl (C=O) groups excluding carboxylic acids is 1. The molecular formula is C14H19N3O3S. The Morgan fingerprint density at radius 1 is 1.38 bits per heavy atom. The summed E-state index contributed by atoms with van der Waals surface area (Å²) >= 11 is 1.83. The predicted molar refractivity (Wildman–Crippen MR) is 86.2 cm³/mol. The third-order valence-corrected chi connectivity index (χ3v) is 4.08. The Kier molecular flexibility index (Phi) is 5.44. The second-order valence-corrected chi connectivity index (χ2v) is 5.97. The zero-order valence-corrected chi connectivity index (χ0v) is 12.8. The summed E-state index contributed by atoms with van der Waals surface area (Å²) in [6.07, 6.45) is 5.53. The van der Waals surface area contributed by atoms with Crippen LogP contribution >= 0.6 is 11.8 Å². The van der Waals surface area contributed by atoms with Crippen molar-refractivity contribution in [3.8, 4) is 0 Å². The van der Waals surface area contributed by atoms with Crippen molar-refractivity contribution < 1.29 is 9.72 Å². The Labute approximate surface area is 127 Å². The highest BCUT2D eigenvalue weighted by Crippen LogP contribution is 2.34. The van der Waals surface area contributed by atoms with Crippen LogP contribution in [0.4, 0.5) is 17.1 Å². The van der Waals surface area contributed by atoms with Crippen molar-refractivity contribution in [2.45, 2.75) is 25.7 Å². The first kappa shape index (κ1) is 15.6. The summed E-state index contributed by atoms with van der Waals surface area (Å²) in [5, 5.41) is 17.0. The van der Waals surface area contributed by atoms with Gasteiger partial charge in [0.25, 0.3) is 5.69 Å². The molecule has 0 fully saturated rings. The molecule has 21 heavy (non-hydrogen) atoms. The second kappa shape index (κ2) is 7.31. The number of rotatable bonds is 8. The molecule has 1 aliphatic rings. The molecule has 1 aromatic rings. The molecule has 7 heteroatoms. The van der Waals surface area contributed by atoms with Crippen LogP contribution in [0.15, 0.2) is 12.1 Å². The van der Waals surface area contributed by atoms with Crippen LogP contribution in [0.25, 0.3) is 0 Å². The van der Waals surface area contributed by atoms with Crippen molar-refractivity contribution in [1.82, 2.24) is 0 Å². The van der Waals surface area contributed by atoms with E-state index in [1.165, 1.54) is 6.07 Å². The predicted octanol–water partition coefficient (Wildman–Crippen LogP) is 3.03. The monoisotopic (exact) mass is 309 g/mol. The summed E-state index contributed by atoms with van der Waals surface area (Å²) in [7, 11) is 0. The fourth-order valence-electron chi connectivity index (χ4n) is 2.33. The molecule has 1 heterocycles. The van der Waals surface area contributed by atoms with E-state index in [9.17, 15) is 14.9 Å². The highest BCUT2D eigenvalue weighted by molar-refractivity contribution is 7.98. The summed E-state index contributed by atoms with van der Waals surface area (Å²) in [4.78, 5) is 22.1. The maximum absolute atomic E-state index is 11.3. The van der Waals surface area contributed by atoms with E-state index in [0.717, 1.165) is 25.0 Å². The highest BCUT2D eigenvalue weighted by atomic mass is 32.2. The van der Waals surface area contributed by atoms with Crippen LogP contribution in [0.2, 0.25) is 0 Å². The fourth-order valence-corrected chi connectivity index (χ4v) is 2.82. The van der Waals surface area contributed by atoms with E-state index < -0.39 is 4.92 Å². The first-order chi connectivity index (χ1) is 10.1. The lowest BCUT2D eigenvalue weighted by molar-refractivity contribution is -0.384. The maximum atomic E-state index is 11.3. The zero-order valence-electron chi connectivity index (χ0n) is 12.0. The largest absolute Gasteiger partial charge is 0.379 e. The smallest absolute Gasteiger partial charge is 0.292 e. The van der Waals surface area contributed by atoms with E-state index in [2.05, 4.69) is 16.9 Å². The van der Waals surface area contributed by atoms with Crippen molar-refractivity contribution in [2.75, 3.05) is 29.2 Å². The number of benzene rings is 1. The van der Waals surface area contributed by atoms with E-state index >= 15 is 0 Å². The first-order valence-corrected chi connectivity index (χ1v) is 8.35. The molecule has 1 aliphatic heterocycles. The van der Waals surface area contributed by atoms with Gasteiger partial charge in [-0.2, -0.15) is 11.8 Å². The number of unbranched alkanes of at least 4 members (excludes halogenated alkanes) is 2. The minimum absolute atomic E-state index is 0.0364.